The van der Waals surface area contributed by atoms with Crippen LogP contribution in [0.25, 0.3) is 5.69 Å². The van der Waals surface area contributed by atoms with Crippen molar-refractivity contribution in [2.45, 2.75) is 6.92 Å². The van der Waals surface area contributed by atoms with Gasteiger partial charge in [-0.05, 0) is 24.1 Å². The molecule has 2 N–H and O–H groups in total. The number of amides is 1. The Hall–Kier alpha value is -1.83. The van der Waals surface area contributed by atoms with Gasteiger partial charge in [0.25, 0.3) is 5.56 Å². The fraction of sp³-hybridized carbons (Fsp3) is 0.0833. The third-order valence-electron chi connectivity index (χ3n) is 2.33. The van der Waals surface area contributed by atoms with Gasteiger partial charge in [-0.3, -0.25) is 19.1 Å². The molecular formula is C12H10N3NaO4. The van der Waals surface area contributed by atoms with Crippen molar-refractivity contribution in [3.05, 3.63) is 51.2 Å². The van der Waals surface area contributed by atoms with Gasteiger partial charge in [0.15, 0.2) is 0 Å². The summed E-state index contributed by atoms with van der Waals surface area (Å²) in [5, 5.41) is 14.2. The molecule has 0 saturated carbocycles. The number of hydrogen-bond donors (Lipinski definition) is 2. The van der Waals surface area contributed by atoms with E-state index < -0.39 is 17.1 Å². The molecule has 0 unspecified atom stereocenters. The van der Waals surface area contributed by atoms with Crippen molar-refractivity contribution in [3.63, 3.8) is 0 Å². The minimum atomic E-state index is -0.822. The second-order valence-electron chi connectivity index (χ2n) is 3.84. The minimum absolute atomic E-state index is 0. The van der Waals surface area contributed by atoms with Crippen LogP contribution in [0.3, 0.4) is 0 Å². The van der Waals surface area contributed by atoms with Crippen LogP contribution in [0.1, 0.15) is 6.92 Å². The maximum atomic E-state index is 11.7. The van der Waals surface area contributed by atoms with E-state index in [0.29, 0.717) is 5.69 Å². The Labute approximate surface area is 135 Å². The van der Waals surface area contributed by atoms with Crippen LogP contribution < -0.4 is 51.2 Å². The first-order chi connectivity index (χ1) is 8.97. The fourth-order valence-electron chi connectivity index (χ4n) is 1.64. The predicted octanol–water partition coefficient (Wildman–Crippen LogP) is -3.44. The smallest absolute Gasteiger partial charge is 0.859 e. The molecule has 1 aromatic heterocycles. The Balaban J connectivity index is 0.00000200. The van der Waals surface area contributed by atoms with Crippen LogP contribution >= 0.6 is 0 Å². The molecule has 98 valence electrons. The van der Waals surface area contributed by atoms with Gasteiger partial charge in [0.1, 0.15) is 0 Å². The van der Waals surface area contributed by atoms with E-state index in [4.69, 9.17) is 0 Å². The molecule has 0 saturated heterocycles. The predicted molar refractivity (Wildman–Crippen MR) is 66.4 cm³/mol. The molecule has 0 atom stereocenters. The zero-order valence-corrected chi connectivity index (χ0v) is 13.0. The van der Waals surface area contributed by atoms with Crippen LogP contribution in [0.5, 0.6) is 5.88 Å². The summed E-state index contributed by atoms with van der Waals surface area (Å²) in [6.45, 7) is 1.35. The maximum Gasteiger partial charge on any atom is 1.00 e. The summed E-state index contributed by atoms with van der Waals surface area (Å²) in [5.41, 5.74) is -0.859. The van der Waals surface area contributed by atoms with E-state index in [1.54, 1.807) is 12.1 Å². The monoisotopic (exact) mass is 283 g/mol. The van der Waals surface area contributed by atoms with E-state index in [9.17, 15) is 19.5 Å². The Bertz CT molecular complexity index is 751. The third kappa shape index (κ3) is 3.60. The van der Waals surface area contributed by atoms with Crippen LogP contribution in [0.2, 0.25) is 0 Å². The van der Waals surface area contributed by atoms with E-state index in [-0.39, 0.29) is 41.2 Å². The topological polar surface area (TPSA) is 107 Å². The SMILES string of the molecule is CC(=O)Nc1cccc(-n2c([O-])cc(=O)[nH]c2=O)c1.[Na+]. The van der Waals surface area contributed by atoms with Gasteiger partial charge in [-0.1, -0.05) is 6.07 Å². The second-order valence-corrected chi connectivity index (χ2v) is 3.84. The van der Waals surface area contributed by atoms with Crippen LogP contribution in [0.15, 0.2) is 39.9 Å². The zero-order valence-electron chi connectivity index (χ0n) is 11.0. The molecule has 8 heteroatoms. The van der Waals surface area contributed by atoms with Gasteiger partial charge in [-0.25, -0.2) is 4.79 Å². The number of nitrogens with zero attached hydrogens (tertiary/aromatic N) is 1. The Morgan fingerprint density at radius 2 is 2.00 bits per heavy atom. The molecule has 0 spiro atoms. The van der Waals surface area contributed by atoms with Crippen molar-refractivity contribution in [2.24, 2.45) is 0 Å². The van der Waals surface area contributed by atoms with E-state index >= 15 is 0 Å². The number of H-pyrrole nitrogens is 1. The van der Waals surface area contributed by atoms with Crippen molar-refractivity contribution in [1.82, 2.24) is 9.55 Å². The van der Waals surface area contributed by atoms with Gasteiger partial charge in [0.05, 0.1) is 5.69 Å². The van der Waals surface area contributed by atoms with Crippen LogP contribution in [-0.2, 0) is 4.79 Å². The zero-order chi connectivity index (χ0) is 14.0. The number of anilines is 1. The molecule has 1 aromatic carbocycles. The van der Waals surface area contributed by atoms with E-state index in [1.807, 2.05) is 4.98 Å². The van der Waals surface area contributed by atoms with Gasteiger partial charge in [-0.2, -0.15) is 0 Å². The summed E-state index contributed by atoms with van der Waals surface area (Å²) in [6.07, 6.45) is 0. The number of hydrogen-bond acceptors (Lipinski definition) is 4. The number of aromatic nitrogens is 2. The summed E-state index contributed by atoms with van der Waals surface area (Å²) >= 11 is 0. The Morgan fingerprint density at radius 3 is 2.60 bits per heavy atom. The number of carbonyl (C=O) groups excluding carboxylic acids is 1. The summed E-state index contributed by atoms with van der Waals surface area (Å²) in [7, 11) is 0. The van der Waals surface area contributed by atoms with Crippen LogP contribution in [0, 0.1) is 0 Å². The molecule has 0 aliphatic carbocycles. The molecule has 0 bridgehead atoms. The van der Waals surface area contributed by atoms with Crippen molar-refractivity contribution in [2.75, 3.05) is 5.32 Å². The Kier molecular flexibility index (Phi) is 5.32. The molecule has 1 amide bonds. The van der Waals surface area contributed by atoms with Gasteiger partial charge in [0, 0.05) is 18.7 Å². The van der Waals surface area contributed by atoms with Gasteiger partial charge in [-0.15, -0.1) is 0 Å². The van der Waals surface area contributed by atoms with E-state index in [0.717, 1.165) is 10.6 Å². The summed E-state index contributed by atoms with van der Waals surface area (Å²) in [4.78, 5) is 35.5. The third-order valence-corrected chi connectivity index (χ3v) is 2.33. The first kappa shape index (κ1) is 16.2. The molecule has 20 heavy (non-hydrogen) atoms. The Morgan fingerprint density at radius 1 is 1.30 bits per heavy atom. The molecule has 0 fully saturated rings. The molecule has 1 heterocycles. The van der Waals surface area contributed by atoms with Crippen LogP contribution in [-0.4, -0.2) is 15.5 Å². The molecular weight excluding hydrogens is 273 g/mol. The van der Waals surface area contributed by atoms with Crippen molar-refractivity contribution >= 4 is 11.6 Å². The molecule has 0 aliphatic rings. The van der Waals surface area contributed by atoms with Gasteiger partial charge in [0.2, 0.25) is 5.91 Å². The normalized spacial score (nSPS) is 9.65. The molecule has 7 nitrogen and oxygen atoms in total. The first-order valence-corrected chi connectivity index (χ1v) is 5.39. The quantitative estimate of drug-likeness (QED) is 0.559. The second kappa shape index (κ2) is 6.56. The number of benzene rings is 1. The number of aromatic amines is 1. The summed E-state index contributed by atoms with van der Waals surface area (Å²) in [5.74, 6) is -0.998. The standard InChI is InChI=1S/C12H11N3O4.Na/c1-7(16)13-8-3-2-4-9(5-8)15-11(18)6-10(17)14-12(15)19;/h2-6,18H,1H3,(H,13,16)(H,14,17,19);/q;+1/p-1. The minimum Gasteiger partial charge on any atom is -0.859 e. The average molecular weight is 283 g/mol. The van der Waals surface area contributed by atoms with E-state index in [1.165, 1.54) is 19.1 Å². The largest absolute Gasteiger partial charge is 1.00 e. The number of carbonyl (C=O) groups is 1. The average Bonchev–Trinajstić information content (AvgIpc) is 2.26. The summed E-state index contributed by atoms with van der Waals surface area (Å²) < 4.78 is 0.812. The van der Waals surface area contributed by atoms with Crippen molar-refractivity contribution < 1.29 is 39.5 Å². The van der Waals surface area contributed by atoms with Crippen LogP contribution in [0.4, 0.5) is 5.69 Å². The molecule has 2 aromatic rings. The van der Waals surface area contributed by atoms with Gasteiger partial charge >= 0.3 is 35.2 Å². The number of nitrogens with one attached hydrogen (secondary N) is 2. The van der Waals surface area contributed by atoms with Crippen molar-refractivity contribution in [1.29, 1.82) is 0 Å². The van der Waals surface area contributed by atoms with Crippen molar-refractivity contribution in [3.8, 4) is 11.6 Å². The summed E-state index contributed by atoms with van der Waals surface area (Å²) in [6, 6.07) is 6.96. The molecule has 0 aliphatic heterocycles. The molecule has 2 rings (SSSR count). The first-order valence-electron chi connectivity index (χ1n) is 5.39. The van der Waals surface area contributed by atoms with E-state index in [2.05, 4.69) is 5.32 Å². The number of rotatable bonds is 2. The maximum absolute atomic E-state index is 11.7. The van der Waals surface area contributed by atoms with Gasteiger partial charge < -0.3 is 10.4 Å². The molecule has 0 radical (unpaired) electrons. The fourth-order valence-corrected chi connectivity index (χ4v) is 1.64.